The highest BCUT2D eigenvalue weighted by atomic mass is 32.2. The fourth-order valence-electron chi connectivity index (χ4n) is 3.59. The maximum Gasteiger partial charge on any atom is 0.142 e. The third-order valence-corrected chi connectivity index (χ3v) is 8.14. The second-order valence-electron chi connectivity index (χ2n) is 6.33. The van der Waals surface area contributed by atoms with Crippen molar-refractivity contribution in [1.82, 2.24) is 5.32 Å². The summed E-state index contributed by atoms with van der Waals surface area (Å²) < 4.78 is 11.2. The maximum atomic E-state index is 5.47. The van der Waals surface area contributed by atoms with Gasteiger partial charge in [0.2, 0.25) is 0 Å². The molecule has 2 N–H and O–H groups in total. The molecule has 3 aliphatic rings. The van der Waals surface area contributed by atoms with Crippen LogP contribution in [0.4, 0.5) is 5.69 Å². The molecule has 4 rings (SSSR count). The normalized spacial score (nSPS) is 37.5. The summed E-state index contributed by atoms with van der Waals surface area (Å²) in [6.07, 6.45) is 3.61. The van der Waals surface area contributed by atoms with E-state index in [2.05, 4.69) is 29.0 Å². The van der Waals surface area contributed by atoms with Crippen molar-refractivity contribution in [2.45, 2.75) is 34.9 Å². The largest absolute Gasteiger partial charge is 0.497 e. The van der Waals surface area contributed by atoms with Crippen LogP contribution in [0.1, 0.15) is 13.3 Å². The summed E-state index contributed by atoms with van der Waals surface area (Å²) in [5.74, 6) is 2.33. The first-order valence-electron chi connectivity index (χ1n) is 7.91. The lowest BCUT2D eigenvalue weighted by Crippen LogP contribution is -2.30. The summed E-state index contributed by atoms with van der Waals surface area (Å²) >= 11 is 4.03. The summed E-state index contributed by atoms with van der Waals surface area (Å²) in [6, 6.07) is 6.46. The van der Waals surface area contributed by atoms with Crippen LogP contribution in [-0.4, -0.2) is 35.8 Å². The topological polar surface area (TPSA) is 42.5 Å². The zero-order chi connectivity index (χ0) is 16.0. The summed E-state index contributed by atoms with van der Waals surface area (Å²) in [5, 5.41) is 10.2. The molecule has 124 valence electrons. The highest BCUT2D eigenvalue weighted by Crippen LogP contribution is 2.63. The van der Waals surface area contributed by atoms with Crippen LogP contribution < -0.4 is 20.1 Å². The standard InChI is InChI=1S/C17H22N2O2S2/c1-10-6-7-22-15(10)17-9-14(17)19-16(23-17)18-12-8-11(20-2)4-5-13(12)21-3/h4-8,10,14-16,18-19H,9H2,1-3H3. The smallest absolute Gasteiger partial charge is 0.142 e. The van der Waals surface area contributed by atoms with E-state index in [1.54, 1.807) is 14.2 Å². The predicted molar refractivity (Wildman–Crippen MR) is 98.5 cm³/mol. The Bertz CT molecular complexity index is 639. The molecule has 2 aliphatic heterocycles. The molecule has 0 amide bonds. The lowest BCUT2D eigenvalue weighted by Gasteiger charge is -2.25. The van der Waals surface area contributed by atoms with Gasteiger partial charge in [0.25, 0.3) is 0 Å². The quantitative estimate of drug-likeness (QED) is 0.847. The first-order valence-corrected chi connectivity index (χ1v) is 9.73. The minimum atomic E-state index is 0.211. The highest BCUT2D eigenvalue weighted by Gasteiger charge is 2.66. The van der Waals surface area contributed by atoms with Gasteiger partial charge in [0.05, 0.1) is 19.9 Å². The van der Waals surface area contributed by atoms with Crippen LogP contribution in [0.25, 0.3) is 0 Å². The third kappa shape index (κ3) is 2.61. The van der Waals surface area contributed by atoms with E-state index in [1.165, 1.54) is 6.42 Å². The van der Waals surface area contributed by atoms with E-state index in [1.807, 2.05) is 41.7 Å². The van der Waals surface area contributed by atoms with Gasteiger partial charge in [-0.2, -0.15) is 0 Å². The first-order chi connectivity index (χ1) is 11.2. The zero-order valence-corrected chi connectivity index (χ0v) is 15.2. The predicted octanol–water partition coefficient (Wildman–Crippen LogP) is 3.51. The summed E-state index contributed by atoms with van der Waals surface area (Å²) in [4.78, 5) is 0. The number of anilines is 1. The molecule has 2 fully saturated rings. The lowest BCUT2D eigenvalue weighted by atomic mass is 10.0. The summed E-state index contributed by atoms with van der Waals surface area (Å²) in [6.45, 7) is 2.33. The molecule has 1 aliphatic carbocycles. The molecule has 1 aromatic rings. The second-order valence-corrected chi connectivity index (χ2v) is 8.85. The average molecular weight is 351 g/mol. The van der Waals surface area contributed by atoms with Crippen LogP contribution in [0, 0.1) is 5.92 Å². The van der Waals surface area contributed by atoms with E-state index in [0.29, 0.717) is 22.0 Å². The van der Waals surface area contributed by atoms with Crippen molar-refractivity contribution in [2.75, 3.05) is 19.5 Å². The van der Waals surface area contributed by atoms with Gasteiger partial charge in [-0.1, -0.05) is 13.0 Å². The Kier molecular flexibility index (Phi) is 3.94. The van der Waals surface area contributed by atoms with Crippen molar-refractivity contribution in [3.63, 3.8) is 0 Å². The van der Waals surface area contributed by atoms with E-state index in [-0.39, 0.29) is 5.50 Å². The minimum Gasteiger partial charge on any atom is -0.497 e. The van der Waals surface area contributed by atoms with Gasteiger partial charge in [-0.05, 0) is 29.9 Å². The van der Waals surface area contributed by atoms with Crippen molar-refractivity contribution < 1.29 is 9.47 Å². The van der Waals surface area contributed by atoms with Crippen LogP contribution in [0.5, 0.6) is 11.5 Å². The van der Waals surface area contributed by atoms with Crippen molar-refractivity contribution in [3.05, 3.63) is 29.7 Å². The summed E-state index contributed by atoms with van der Waals surface area (Å²) in [5.41, 5.74) is 1.18. The molecule has 5 unspecified atom stereocenters. The molecule has 6 heteroatoms. The molecule has 0 bridgehead atoms. The van der Waals surface area contributed by atoms with Crippen LogP contribution in [0.15, 0.2) is 29.7 Å². The van der Waals surface area contributed by atoms with Gasteiger partial charge in [-0.15, -0.1) is 23.5 Å². The molecule has 2 heterocycles. The van der Waals surface area contributed by atoms with E-state index in [4.69, 9.17) is 9.47 Å². The van der Waals surface area contributed by atoms with Crippen LogP contribution in [-0.2, 0) is 0 Å². The first kappa shape index (κ1) is 15.5. The number of hydrogen-bond acceptors (Lipinski definition) is 6. The van der Waals surface area contributed by atoms with E-state index in [9.17, 15) is 0 Å². The van der Waals surface area contributed by atoms with Gasteiger partial charge in [-0.25, -0.2) is 0 Å². The Balaban J connectivity index is 1.48. The van der Waals surface area contributed by atoms with E-state index < -0.39 is 0 Å². The number of fused-ring (bicyclic) bond motifs is 1. The van der Waals surface area contributed by atoms with Crippen molar-refractivity contribution in [3.8, 4) is 11.5 Å². The molecule has 0 aromatic heterocycles. The monoisotopic (exact) mass is 350 g/mol. The Morgan fingerprint density at radius 1 is 1.30 bits per heavy atom. The molecule has 23 heavy (non-hydrogen) atoms. The third-order valence-electron chi connectivity index (χ3n) is 4.90. The Hall–Kier alpha value is -0.980. The molecule has 0 spiro atoms. The lowest BCUT2D eigenvalue weighted by molar-refractivity contribution is 0.404. The van der Waals surface area contributed by atoms with Gasteiger partial charge >= 0.3 is 0 Å². The second kappa shape index (κ2) is 5.83. The number of thioether (sulfide) groups is 2. The fourth-order valence-corrected chi connectivity index (χ4v) is 6.96. The Labute approximate surface area is 145 Å². The molecule has 4 nitrogen and oxygen atoms in total. The van der Waals surface area contributed by atoms with Gasteiger partial charge < -0.3 is 14.8 Å². The average Bonchev–Trinajstić information content (AvgIpc) is 2.90. The van der Waals surface area contributed by atoms with Gasteiger partial charge in [0.1, 0.15) is 17.0 Å². The number of methoxy groups -OCH3 is 2. The van der Waals surface area contributed by atoms with Gasteiger partial charge in [0, 0.05) is 22.1 Å². The zero-order valence-electron chi connectivity index (χ0n) is 13.5. The number of hydrogen-bond donors (Lipinski definition) is 2. The minimum absolute atomic E-state index is 0.211. The fraction of sp³-hybridized carbons (Fsp3) is 0.529. The van der Waals surface area contributed by atoms with Crippen molar-refractivity contribution in [1.29, 1.82) is 0 Å². The number of ether oxygens (including phenoxy) is 2. The molecule has 1 saturated carbocycles. The van der Waals surface area contributed by atoms with Crippen LogP contribution in [0.2, 0.25) is 0 Å². The highest BCUT2D eigenvalue weighted by molar-refractivity contribution is 8.06. The molecular formula is C17H22N2O2S2. The van der Waals surface area contributed by atoms with E-state index in [0.717, 1.165) is 17.2 Å². The number of benzene rings is 1. The van der Waals surface area contributed by atoms with Gasteiger partial charge in [0.15, 0.2) is 0 Å². The number of rotatable bonds is 5. The molecule has 1 aromatic carbocycles. The number of allylic oxidation sites excluding steroid dienone is 1. The van der Waals surface area contributed by atoms with Crippen LogP contribution >= 0.6 is 23.5 Å². The number of nitrogens with one attached hydrogen (secondary N) is 2. The van der Waals surface area contributed by atoms with E-state index >= 15 is 0 Å². The molecule has 5 atom stereocenters. The Morgan fingerprint density at radius 3 is 2.87 bits per heavy atom. The van der Waals surface area contributed by atoms with Crippen molar-refractivity contribution in [2.24, 2.45) is 5.92 Å². The SMILES string of the molecule is COc1ccc(OC)c(NC2NC3CC3(C3SC=CC3C)S2)c1. The Morgan fingerprint density at radius 2 is 2.17 bits per heavy atom. The van der Waals surface area contributed by atoms with Crippen molar-refractivity contribution >= 4 is 29.2 Å². The maximum absolute atomic E-state index is 5.47. The molecule has 0 radical (unpaired) electrons. The van der Waals surface area contributed by atoms with Gasteiger partial charge in [-0.3, -0.25) is 5.32 Å². The molecule has 1 saturated heterocycles. The van der Waals surface area contributed by atoms with Crippen LogP contribution in [0.3, 0.4) is 0 Å². The molecular weight excluding hydrogens is 328 g/mol. The summed E-state index contributed by atoms with van der Waals surface area (Å²) in [7, 11) is 3.38.